The van der Waals surface area contributed by atoms with Crippen molar-refractivity contribution in [1.29, 1.82) is 0 Å². The maximum Gasteiger partial charge on any atom is 0.0755 e. The monoisotopic (exact) mass is 812 g/mol. The van der Waals surface area contributed by atoms with Gasteiger partial charge < -0.3 is 9.47 Å². The van der Waals surface area contributed by atoms with Crippen molar-refractivity contribution >= 4 is 38.9 Å². The third-order valence-electron chi connectivity index (χ3n) is 14.6. The van der Waals surface area contributed by atoms with Crippen LogP contribution in [0.1, 0.15) is 44.5 Å². The second-order valence-electron chi connectivity index (χ2n) is 17.5. The lowest BCUT2D eigenvalue weighted by Crippen LogP contribution is -2.33. The number of para-hydroxylation sites is 4. The van der Waals surface area contributed by atoms with Gasteiger partial charge in [0.15, 0.2) is 0 Å². The van der Waals surface area contributed by atoms with Crippen molar-refractivity contribution in [2.45, 2.75) is 10.8 Å². The summed E-state index contributed by atoms with van der Waals surface area (Å²) in [6.07, 6.45) is 0. The molecule has 1 aromatic heterocycles. The average molecular weight is 813 g/mol. The molecule has 11 aromatic rings. The summed E-state index contributed by atoms with van der Waals surface area (Å²) in [5, 5.41) is 2.57. The highest BCUT2D eigenvalue weighted by atomic mass is 15.1. The van der Waals surface area contributed by atoms with Crippen LogP contribution in [0.15, 0.2) is 243 Å². The van der Waals surface area contributed by atoms with Crippen LogP contribution in [0.5, 0.6) is 0 Å². The van der Waals surface area contributed by atoms with Crippen LogP contribution in [0, 0.1) is 0 Å². The molecule has 1 unspecified atom stereocenters. The molecule has 3 aliphatic rings. The Labute approximate surface area is 372 Å². The van der Waals surface area contributed by atoms with E-state index in [1.165, 1.54) is 94.3 Å². The Morgan fingerprint density at radius 3 is 1.42 bits per heavy atom. The van der Waals surface area contributed by atoms with E-state index in [9.17, 15) is 0 Å². The van der Waals surface area contributed by atoms with E-state index in [2.05, 4.69) is 252 Å². The number of nitrogens with zero attached hydrogens (tertiary/aromatic N) is 2. The van der Waals surface area contributed by atoms with Crippen LogP contribution in [0.2, 0.25) is 0 Å². The Balaban J connectivity index is 1.05. The van der Waals surface area contributed by atoms with Crippen LogP contribution in [0.3, 0.4) is 0 Å². The fourth-order valence-corrected chi connectivity index (χ4v) is 12.3. The summed E-state index contributed by atoms with van der Waals surface area (Å²) in [7, 11) is 0. The first-order valence-corrected chi connectivity index (χ1v) is 22.4. The second kappa shape index (κ2) is 13.2. The summed E-state index contributed by atoms with van der Waals surface area (Å²) in [5.41, 5.74) is 21.5. The van der Waals surface area contributed by atoms with Crippen molar-refractivity contribution in [3.8, 4) is 27.9 Å². The number of hydrogen-bond acceptors (Lipinski definition) is 1. The van der Waals surface area contributed by atoms with Gasteiger partial charge in [0.1, 0.15) is 0 Å². The summed E-state index contributed by atoms with van der Waals surface area (Å²) in [4.78, 5) is 2.48. The van der Waals surface area contributed by atoms with Gasteiger partial charge in [-0.3, -0.25) is 0 Å². The molecule has 0 saturated heterocycles. The maximum atomic E-state index is 2.52. The fourth-order valence-electron chi connectivity index (χ4n) is 12.3. The molecule has 1 aliphatic heterocycles. The summed E-state index contributed by atoms with van der Waals surface area (Å²) in [6, 6.07) is 90.7. The molecule has 0 bridgehead atoms. The molecule has 1 atom stereocenters. The zero-order chi connectivity index (χ0) is 42.0. The van der Waals surface area contributed by atoms with E-state index in [-0.39, 0.29) is 0 Å². The van der Waals surface area contributed by atoms with Gasteiger partial charge >= 0.3 is 0 Å². The minimum absolute atomic E-state index is 0.514. The van der Waals surface area contributed by atoms with Crippen LogP contribution in [-0.2, 0) is 10.8 Å². The first-order valence-electron chi connectivity index (χ1n) is 22.4. The first-order chi connectivity index (χ1) is 31.8. The molecule has 0 N–H and O–H groups in total. The van der Waals surface area contributed by atoms with Gasteiger partial charge in [0.05, 0.1) is 27.6 Å². The van der Waals surface area contributed by atoms with E-state index in [1.807, 2.05) is 0 Å². The molecule has 2 nitrogen and oxygen atoms in total. The zero-order valence-electron chi connectivity index (χ0n) is 35.0. The van der Waals surface area contributed by atoms with Crippen molar-refractivity contribution in [3.05, 3.63) is 287 Å². The molecule has 0 amide bonds. The van der Waals surface area contributed by atoms with Crippen LogP contribution < -0.4 is 4.90 Å². The molecule has 298 valence electrons. The SMILES string of the molecule is c1ccc(N(c2ccc3c(c2)C(c2ccccc2)(c2ccccc2)c2ccccc2-3)c2ccc3c(c2)C2(c4ccccc4-3)c3ccccc3-n3c4ccccc4c4cccc2c43)cc1. The van der Waals surface area contributed by atoms with Gasteiger partial charge in [-0.2, -0.15) is 0 Å². The van der Waals surface area contributed by atoms with Crippen molar-refractivity contribution < 1.29 is 0 Å². The predicted octanol–water partition coefficient (Wildman–Crippen LogP) is 15.3. The standard InChI is InChI=1S/C62H40N2/c1-4-19-41(20-5-1)61(42-21-6-2-7-22-42)52-29-13-10-25-46(52)48-37-35-44(39-56(48)61)63(43-23-8-3-9-24-43)45-36-38-49-47-26-11-14-30-53(47)62(57(49)40-45)54-31-15-17-34-59(54)64-58-33-16-12-27-50(58)51-28-18-32-55(62)60(51)64/h1-40H. The van der Waals surface area contributed by atoms with E-state index < -0.39 is 10.8 Å². The topological polar surface area (TPSA) is 8.17 Å². The van der Waals surface area contributed by atoms with Crippen molar-refractivity contribution in [2.75, 3.05) is 4.90 Å². The summed E-state index contributed by atoms with van der Waals surface area (Å²) in [5.74, 6) is 0. The number of anilines is 3. The van der Waals surface area contributed by atoms with Gasteiger partial charge in [-0.25, -0.2) is 0 Å². The summed E-state index contributed by atoms with van der Waals surface area (Å²) >= 11 is 0. The van der Waals surface area contributed by atoms with Crippen LogP contribution in [-0.4, -0.2) is 4.57 Å². The Kier molecular flexibility index (Phi) is 7.28. The largest absolute Gasteiger partial charge is 0.310 e. The highest BCUT2D eigenvalue weighted by Gasteiger charge is 2.51. The predicted molar refractivity (Wildman–Crippen MR) is 264 cm³/mol. The van der Waals surface area contributed by atoms with Gasteiger partial charge in [0.2, 0.25) is 0 Å². The molecular formula is C62H40N2. The lowest BCUT2D eigenvalue weighted by molar-refractivity contribution is 0.748. The van der Waals surface area contributed by atoms with E-state index in [4.69, 9.17) is 0 Å². The number of aromatic nitrogens is 1. The smallest absolute Gasteiger partial charge is 0.0755 e. The van der Waals surface area contributed by atoms with Crippen molar-refractivity contribution in [2.24, 2.45) is 0 Å². The number of hydrogen-bond donors (Lipinski definition) is 0. The molecule has 2 heteroatoms. The van der Waals surface area contributed by atoms with Gasteiger partial charge in [-0.05, 0) is 115 Å². The minimum Gasteiger partial charge on any atom is -0.310 e. The number of fused-ring (bicyclic) bond motifs is 15. The number of rotatable bonds is 5. The molecular weight excluding hydrogens is 773 g/mol. The van der Waals surface area contributed by atoms with E-state index in [1.54, 1.807) is 0 Å². The molecule has 0 saturated carbocycles. The van der Waals surface area contributed by atoms with Crippen molar-refractivity contribution in [3.63, 3.8) is 0 Å². The number of benzene rings is 10. The van der Waals surface area contributed by atoms with E-state index in [0.717, 1.165) is 17.1 Å². The molecule has 1 spiro atoms. The quantitative estimate of drug-likeness (QED) is 0.168. The van der Waals surface area contributed by atoms with E-state index >= 15 is 0 Å². The molecule has 10 aromatic carbocycles. The summed E-state index contributed by atoms with van der Waals surface area (Å²) < 4.78 is 2.52. The Hall–Kier alpha value is -8.20. The molecule has 14 rings (SSSR count). The fraction of sp³-hybridized carbons (Fsp3) is 0.0323. The van der Waals surface area contributed by atoms with Gasteiger partial charge in [-0.15, -0.1) is 0 Å². The maximum absolute atomic E-state index is 2.52. The highest BCUT2D eigenvalue weighted by molar-refractivity contribution is 6.13. The molecule has 64 heavy (non-hydrogen) atoms. The Morgan fingerprint density at radius 2 is 0.766 bits per heavy atom. The average Bonchev–Trinajstić information content (AvgIpc) is 3.97. The van der Waals surface area contributed by atoms with Gasteiger partial charge in [-0.1, -0.05) is 194 Å². The van der Waals surface area contributed by atoms with E-state index in [0.29, 0.717) is 0 Å². The second-order valence-corrected chi connectivity index (χ2v) is 17.5. The van der Waals surface area contributed by atoms with Crippen LogP contribution in [0.4, 0.5) is 17.1 Å². The molecule has 0 radical (unpaired) electrons. The lowest BCUT2D eigenvalue weighted by Gasteiger charge is -2.40. The Morgan fingerprint density at radius 1 is 0.297 bits per heavy atom. The molecule has 0 fully saturated rings. The van der Waals surface area contributed by atoms with Gasteiger partial charge in [0, 0.05) is 27.8 Å². The summed E-state index contributed by atoms with van der Waals surface area (Å²) in [6.45, 7) is 0. The van der Waals surface area contributed by atoms with Crippen molar-refractivity contribution in [1.82, 2.24) is 4.57 Å². The lowest BCUT2D eigenvalue weighted by atomic mass is 9.65. The normalized spacial score (nSPS) is 15.7. The third-order valence-corrected chi connectivity index (χ3v) is 14.6. The van der Waals surface area contributed by atoms with Crippen LogP contribution >= 0.6 is 0 Å². The molecule has 2 heterocycles. The van der Waals surface area contributed by atoms with Gasteiger partial charge in [0.25, 0.3) is 0 Å². The minimum atomic E-state index is -0.555. The zero-order valence-corrected chi connectivity index (χ0v) is 35.0. The first kappa shape index (κ1) is 35.4. The van der Waals surface area contributed by atoms with Crippen LogP contribution in [0.25, 0.3) is 49.7 Å². The highest BCUT2D eigenvalue weighted by Crippen LogP contribution is 2.62. The Bertz CT molecular complexity index is 3640. The third kappa shape index (κ3) is 4.44. The molecule has 2 aliphatic carbocycles.